The van der Waals surface area contributed by atoms with Crippen LogP contribution in [0.4, 0.5) is 0 Å². The van der Waals surface area contributed by atoms with Gasteiger partial charge in [0, 0.05) is 33.1 Å². The summed E-state index contributed by atoms with van der Waals surface area (Å²) in [6, 6.07) is 0. The van der Waals surface area contributed by atoms with E-state index >= 15 is 0 Å². The van der Waals surface area contributed by atoms with Crippen LogP contribution in [0.25, 0.3) is 0 Å². The molecule has 0 rings (SSSR count). The first kappa shape index (κ1) is 15.3. The van der Waals surface area contributed by atoms with E-state index in [-0.39, 0.29) is 12.0 Å². The van der Waals surface area contributed by atoms with E-state index in [1.807, 2.05) is 11.9 Å². The summed E-state index contributed by atoms with van der Waals surface area (Å²) in [5.41, 5.74) is 5.38. The van der Waals surface area contributed by atoms with Crippen molar-refractivity contribution in [1.82, 2.24) is 9.80 Å². The van der Waals surface area contributed by atoms with Crippen molar-refractivity contribution in [2.24, 2.45) is 5.73 Å². The zero-order chi connectivity index (χ0) is 12.6. The number of hydrogen-bond donors (Lipinski definition) is 2. The number of aliphatic hydroxyl groups is 1. The van der Waals surface area contributed by atoms with Crippen LogP contribution in [0, 0.1) is 0 Å². The first-order chi connectivity index (χ1) is 7.47. The van der Waals surface area contributed by atoms with Crippen molar-refractivity contribution in [3.8, 4) is 0 Å². The molecule has 3 N–H and O–H groups in total. The van der Waals surface area contributed by atoms with E-state index in [0.717, 1.165) is 13.0 Å². The molecular weight excluding hydrogens is 206 g/mol. The van der Waals surface area contributed by atoms with Crippen LogP contribution >= 0.6 is 0 Å². The zero-order valence-electron chi connectivity index (χ0n) is 10.6. The lowest BCUT2D eigenvalue weighted by atomic mass is 10.3. The van der Waals surface area contributed by atoms with E-state index in [2.05, 4.69) is 0 Å². The Morgan fingerprint density at radius 3 is 2.50 bits per heavy atom. The second-order valence-corrected chi connectivity index (χ2v) is 4.32. The van der Waals surface area contributed by atoms with E-state index < -0.39 is 0 Å². The highest BCUT2D eigenvalue weighted by atomic mass is 16.3. The van der Waals surface area contributed by atoms with Gasteiger partial charge in [-0.2, -0.15) is 0 Å². The predicted molar refractivity (Wildman–Crippen MR) is 65.1 cm³/mol. The molecule has 5 nitrogen and oxygen atoms in total. The molecule has 1 amide bonds. The Balaban J connectivity index is 3.70. The largest absolute Gasteiger partial charge is 0.392 e. The number of hydrogen-bond acceptors (Lipinski definition) is 4. The summed E-state index contributed by atoms with van der Waals surface area (Å²) in [6.45, 7) is 4.34. The van der Waals surface area contributed by atoms with Crippen LogP contribution in [0.15, 0.2) is 0 Å². The van der Waals surface area contributed by atoms with E-state index in [9.17, 15) is 4.79 Å². The number of amides is 1. The Kier molecular flexibility index (Phi) is 8.15. The maximum Gasteiger partial charge on any atom is 0.223 e. The standard InChI is InChI=1S/C11H25N3O2/c1-10(15)9-13(2)8-5-11(16)14(3)7-4-6-12/h10,15H,4-9,12H2,1-3H3. The average Bonchev–Trinajstić information content (AvgIpc) is 2.21. The lowest BCUT2D eigenvalue weighted by Gasteiger charge is -2.21. The van der Waals surface area contributed by atoms with Gasteiger partial charge in [0.05, 0.1) is 6.10 Å². The van der Waals surface area contributed by atoms with Crippen LogP contribution in [-0.4, -0.2) is 67.2 Å². The third-order valence-corrected chi connectivity index (χ3v) is 2.41. The molecule has 0 aromatic carbocycles. The molecule has 0 aromatic rings. The highest BCUT2D eigenvalue weighted by molar-refractivity contribution is 5.76. The summed E-state index contributed by atoms with van der Waals surface area (Å²) >= 11 is 0. The van der Waals surface area contributed by atoms with Crippen LogP contribution in [0.2, 0.25) is 0 Å². The molecule has 0 radical (unpaired) electrons. The van der Waals surface area contributed by atoms with Gasteiger partial charge in [-0.3, -0.25) is 4.79 Å². The summed E-state index contributed by atoms with van der Waals surface area (Å²) in [6.07, 6.45) is 0.978. The number of carbonyl (C=O) groups is 1. The Hall–Kier alpha value is -0.650. The molecule has 96 valence electrons. The van der Waals surface area contributed by atoms with Crippen molar-refractivity contribution in [2.45, 2.75) is 25.9 Å². The summed E-state index contributed by atoms with van der Waals surface area (Å²) in [5.74, 6) is 0.130. The molecule has 0 fully saturated rings. The van der Waals surface area contributed by atoms with Crippen molar-refractivity contribution in [3.05, 3.63) is 0 Å². The first-order valence-electron chi connectivity index (χ1n) is 5.78. The Morgan fingerprint density at radius 1 is 1.38 bits per heavy atom. The van der Waals surface area contributed by atoms with Crippen LogP contribution in [-0.2, 0) is 4.79 Å². The highest BCUT2D eigenvalue weighted by Crippen LogP contribution is 1.96. The van der Waals surface area contributed by atoms with Crippen LogP contribution < -0.4 is 5.73 Å². The SMILES string of the molecule is CC(O)CN(C)CCC(=O)N(C)CCCN. The van der Waals surface area contributed by atoms with Gasteiger partial charge in [-0.05, 0) is 26.9 Å². The molecule has 16 heavy (non-hydrogen) atoms. The molecule has 1 unspecified atom stereocenters. The number of likely N-dealkylation sites (N-methyl/N-ethyl adjacent to an activating group) is 1. The molecule has 0 aliphatic heterocycles. The zero-order valence-corrected chi connectivity index (χ0v) is 10.6. The van der Waals surface area contributed by atoms with Gasteiger partial charge in [-0.1, -0.05) is 0 Å². The second kappa shape index (κ2) is 8.50. The van der Waals surface area contributed by atoms with Crippen molar-refractivity contribution in [2.75, 3.05) is 40.3 Å². The molecule has 1 atom stereocenters. The number of rotatable bonds is 8. The molecule has 0 heterocycles. The highest BCUT2D eigenvalue weighted by Gasteiger charge is 2.10. The minimum atomic E-state index is -0.352. The fourth-order valence-electron chi connectivity index (χ4n) is 1.47. The molecule has 0 saturated carbocycles. The minimum absolute atomic E-state index is 0.130. The van der Waals surface area contributed by atoms with Gasteiger partial charge < -0.3 is 20.6 Å². The molecule has 0 aliphatic carbocycles. The van der Waals surface area contributed by atoms with Gasteiger partial charge in [0.1, 0.15) is 0 Å². The van der Waals surface area contributed by atoms with Crippen molar-refractivity contribution < 1.29 is 9.90 Å². The molecule has 0 aliphatic rings. The summed E-state index contributed by atoms with van der Waals surface area (Å²) < 4.78 is 0. The topological polar surface area (TPSA) is 69.8 Å². The molecule has 0 bridgehead atoms. The van der Waals surface area contributed by atoms with Crippen molar-refractivity contribution in [1.29, 1.82) is 0 Å². The van der Waals surface area contributed by atoms with Gasteiger partial charge in [0.2, 0.25) is 5.91 Å². The summed E-state index contributed by atoms with van der Waals surface area (Å²) in [7, 11) is 3.70. The summed E-state index contributed by atoms with van der Waals surface area (Å²) in [5, 5.41) is 9.16. The monoisotopic (exact) mass is 231 g/mol. The van der Waals surface area contributed by atoms with Gasteiger partial charge >= 0.3 is 0 Å². The van der Waals surface area contributed by atoms with Crippen LogP contribution in [0.3, 0.4) is 0 Å². The number of nitrogens with zero attached hydrogens (tertiary/aromatic N) is 2. The molecule has 0 saturated heterocycles. The van der Waals surface area contributed by atoms with Crippen LogP contribution in [0.5, 0.6) is 0 Å². The molecule has 5 heteroatoms. The Labute approximate surface area is 98.2 Å². The maximum atomic E-state index is 11.6. The van der Waals surface area contributed by atoms with Gasteiger partial charge in [0.15, 0.2) is 0 Å². The average molecular weight is 231 g/mol. The Bertz CT molecular complexity index is 198. The molecule has 0 aromatic heterocycles. The fraction of sp³-hybridized carbons (Fsp3) is 0.909. The van der Waals surface area contributed by atoms with Crippen molar-refractivity contribution in [3.63, 3.8) is 0 Å². The predicted octanol–water partition coefficient (Wildman–Crippen LogP) is -0.504. The third kappa shape index (κ3) is 7.62. The second-order valence-electron chi connectivity index (χ2n) is 4.32. The lowest BCUT2D eigenvalue weighted by molar-refractivity contribution is -0.130. The first-order valence-corrected chi connectivity index (χ1v) is 5.78. The van der Waals surface area contributed by atoms with E-state index in [1.165, 1.54) is 0 Å². The normalized spacial score (nSPS) is 12.9. The van der Waals surface area contributed by atoms with E-state index in [4.69, 9.17) is 10.8 Å². The van der Waals surface area contributed by atoms with Gasteiger partial charge in [-0.25, -0.2) is 0 Å². The molecule has 0 spiro atoms. The quantitative estimate of drug-likeness (QED) is 0.591. The number of nitrogens with two attached hydrogens (primary N) is 1. The lowest BCUT2D eigenvalue weighted by Crippen LogP contribution is -2.34. The molecular formula is C11H25N3O2. The third-order valence-electron chi connectivity index (χ3n) is 2.41. The van der Waals surface area contributed by atoms with Crippen molar-refractivity contribution >= 4 is 5.91 Å². The number of carbonyl (C=O) groups excluding carboxylic acids is 1. The van der Waals surface area contributed by atoms with Gasteiger partial charge in [0.25, 0.3) is 0 Å². The number of aliphatic hydroxyl groups excluding tert-OH is 1. The minimum Gasteiger partial charge on any atom is -0.392 e. The van der Waals surface area contributed by atoms with E-state index in [0.29, 0.717) is 26.1 Å². The smallest absolute Gasteiger partial charge is 0.223 e. The van der Waals surface area contributed by atoms with Crippen LogP contribution in [0.1, 0.15) is 19.8 Å². The Morgan fingerprint density at radius 2 is 2.00 bits per heavy atom. The fourth-order valence-corrected chi connectivity index (χ4v) is 1.47. The maximum absolute atomic E-state index is 11.6. The van der Waals surface area contributed by atoms with Gasteiger partial charge in [-0.15, -0.1) is 0 Å². The summed E-state index contributed by atoms with van der Waals surface area (Å²) in [4.78, 5) is 15.3. The van der Waals surface area contributed by atoms with E-state index in [1.54, 1.807) is 18.9 Å².